The second-order valence-corrected chi connectivity index (χ2v) is 11.7. The molecule has 7 heteroatoms. The maximum Gasteiger partial charge on any atom is 0.223 e. The normalized spacial score (nSPS) is 24.2. The van der Waals surface area contributed by atoms with Crippen LogP contribution in [0.1, 0.15) is 50.7 Å². The van der Waals surface area contributed by atoms with Gasteiger partial charge in [0.1, 0.15) is 0 Å². The molecule has 2 fully saturated rings. The fourth-order valence-electron chi connectivity index (χ4n) is 5.13. The van der Waals surface area contributed by atoms with Gasteiger partial charge in [0.05, 0.1) is 5.75 Å². The lowest BCUT2D eigenvalue weighted by Crippen LogP contribution is -2.44. The zero-order valence-electron chi connectivity index (χ0n) is 19.3. The number of nitrogens with one attached hydrogen (secondary N) is 1. The van der Waals surface area contributed by atoms with Gasteiger partial charge in [0.2, 0.25) is 15.9 Å². The zero-order chi connectivity index (χ0) is 22.4. The molecular formula is C24H39N3O3S. The number of sulfonamides is 1. The molecule has 0 bridgehead atoms. The third-order valence-electron chi connectivity index (χ3n) is 6.54. The first kappa shape index (κ1) is 24.2. The van der Waals surface area contributed by atoms with Crippen molar-refractivity contribution >= 4 is 15.9 Å². The number of carbonyl (C=O) groups excluding carboxylic acids is 1. The molecule has 3 rings (SSSR count). The van der Waals surface area contributed by atoms with Crippen LogP contribution in [0, 0.1) is 24.7 Å². The Morgan fingerprint density at radius 2 is 1.81 bits per heavy atom. The molecule has 0 aliphatic carbocycles. The molecule has 174 valence electrons. The predicted octanol–water partition coefficient (Wildman–Crippen LogP) is 3.02. The van der Waals surface area contributed by atoms with Gasteiger partial charge in [-0.2, -0.15) is 0 Å². The molecule has 2 aliphatic rings. The molecule has 0 radical (unpaired) electrons. The van der Waals surface area contributed by atoms with Gasteiger partial charge in [0.25, 0.3) is 0 Å². The highest BCUT2D eigenvalue weighted by Crippen LogP contribution is 2.23. The van der Waals surface area contributed by atoms with Crippen LogP contribution in [-0.2, 0) is 20.6 Å². The van der Waals surface area contributed by atoms with Crippen molar-refractivity contribution in [2.75, 3.05) is 39.3 Å². The summed E-state index contributed by atoms with van der Waals surface area (Å²) in [6.07, 6.45) is 3.47. The largest absolute Gasteiger partial charge is 0.356 e. The SMILES string of the molecule is Cc1cccc(CS(=O)(=O)N2CCC(C(=O)NCCCN3C[C@@H](C)C[C@H](C)C3)CC2)c1. The Kier molecular flexibility index (Phi) is 8.53. The van der Waals surface area contributed by atoms with Crippen molar-refractivity contribution < 1.29 is 13.2 Å². The Balaban J connectivity index is 1.37. The molecule has 1 amide bonds. The lowest BCUT2D eigenvalue weighted by atomic mass is 9.92. The van der Waals surface area contributed by atoms with E-state index in [9.17, 15) is 13.2 Å². The van der Waals surface area contributed by atoms with Crippen LogP contribution < -0.4 is 5.32 Å². The summed E-state index contributed by atoms with van der Waals surface area (Å²) in [4.78, 5) is 15.1. The summed E-state index contributed by atoms with van der Waals surface area (Å²) in [5, 5.41) is 3.08. The van der Waals surface area contributed by atoms with Crippen LogP contribution in [0.4, 0.5) is 0 Å². The van der Waals surface area contributed by atoms with Crippen LogP contribution in [0.15, 0.2) is 24.3 Å². The Labute approximate surface area is 188 Å². The van der Waals surface area contributed by atoms with E-state index in [1.807, 2.05) is 31.2 Å². The number of amides is 1. The van der Waals surface area contributed by atoms with Gasteiger partial charge in [-0.05, 0) is 56.6 Å². The molecule has 2 heterocycles. The summed E-state index contributed by atoms with van der Waals surface area (Å²) in [7, 11) is -3.35. The summed E-state index contributed by atoms with van der Waals surface area (Å²) in [6, 6.07) is 7.63. The number of carbonyl (C=O) groups is 1. The van der Waals surface area contributed by atoms with Gasteiger partial charge >= 0.3 is 0 Å². The van der Waals surface area contributed by atoms with Crippen LogP contribution >= 0.6 is 0 Å². The van der Waals surface area contributed by atoms with Crippen LogP contribution in [0.2, 0.25) is 0 Å². The molecule has 0 unspecified atom stereocenters. The fourth-order valence-corrected chi connectivity index (χ4v) is 6.68. The van der Waals surface area contributed by atoms with E-state index in [-0.39, 0.29) is 17.6 Å². The highest BCUT2D eigenvalue weighted by Gasteiger charge is 2.31. The minimum absolute atomic E-state index is 0.0271. The Hall–Kier alpha value is -1.44. The topological polar surface area (TPSA) is 69.7 Å². The lowest BCUT2D eigenvalue weighted by molar-refractivity contribution is -0.126. The van der Waals surface area contributed by atoms with Gasteiger partial charge < -0.3 is 10.2 Å². The maximum absolute atomic E-state index is 12.8. The van der Waals surface area contributed by atoms with Crippen molar-refractivity contribution in [3.8, 4) is 0 Å². The van der Waals surface area contributed by atoms with Crippen molar-refractivity contribution in [2.45, 2.75) is 52.2 Å². The van der Waals surface area contributed by atoms with Gasteiger partial charge in [-0.1, -0.05) is 43.7 Å². The van der Waals surface area contributed by atoms with Crippen molar-refractivity contribution in [2.24, 2.45) is 17.8 Å². The summed E-state index contributed by atoms with van der Waals surface area (Å²) in [6.45, 7) is 11.5. The van der Waals surface area contributed by atoms with Crippen molar-refractivity contribution in [1.29, 1.82) is 0 Å². The quantitative estimate of drug-likeness (QED) is 0.620. The van der Waals surface area contributed by atoms with E-state index in [4.69, 9.17) is 0 Å². The van der Waals surface area contributed by atoms with E-state index in [1.165, 1.54) is 6.42 Å². The van der Waals surface area contributed by atoms with Crippen LogP contribution in [0.3, 0.4) is 0 Å². The first-order valence-corrected chi connectivity index (χ1v) is 13.4. The third-order valence-corrected chi connectivity index (χ3v) is 8.39. The molecule has 1 aromatic rings. The number of piperidine rings is 2. The molecule has 1 N–H and O–H groups in total. The second-order valence-electron chi connectivity index (χ2n) is 9.77. The average Bonchev–Trinajstić information content (AvgIpc) is 2.70. The van der Waals surface area contributed by atoms with E-state index in [0.717, 1.165) is 49.0 Å². The third kappa shape index (κ3) is 7.29. The lowest BCUT2D eigenvalue weighted by Gasteiger charge is -2.35. The molecule has 0 aromatic heterocycles. The molecule has 6 nitrogen and oxygen atoms in total. The van der Waals surface area contributed by atoms with Crippen LogP contribution in [0.5, 0.6) is 0 Å². The van der Waals surface area contributed by atoms with Gasteiger partial charge in [-0.25, -0.2) is 12.7 Å². The molecule has 31 heavy (non-hydrogen) atoms. The van der Waals surface area contributed by atoms with Gasteiger partial charge in [0, 0.05) is 38.6 Å². The molecular weight excluding hydrogens is 410 g/mol. The minimum Gasteiger partial charge on any atom is -0.356 e. The first-order valence-electron chi connectivity index (χ1n) is 11.8. The van der Waals surface area contributed by atoms with Crippen molar-refractivity contribution in [3.63, 3.8) is 0 Å². The average molecular weight is 450 g/mol. The first-order chi connectivity index (χ1) is 14.7. The second kappa shape index (κ2) is 10.9. The highest BCUT2D eigenvalue weighted by atomic mass is 32.2. The number of likely N-dealkylation sites (tertiary alicyclic amines) is 1. The molecule has 2 saturated heterocycles. The monoisotopic (exact) mass is 449 g/mol. The molecule has 0 saturated carbocycles. The number of rotatable bonds is 8. The smallest absolute Gasteiger partial charge is 0.223 e. The van der Waals surface area contributed by atoms with Crippen LogP contribution in [-0.4, -0.2) is 62.8 Å². The van der Waals surface area contributed by atoms with E-state index in [1.54, 1.807) is 4.31 Å². The number of benzene rings is 1. The molecule has 1 aromatic carbocycles. The van der Waals surface area contributed by atoms with E-state index in [0.29, 0.717) is 32.5 Å². The zero-order valence-corrected chi connectivity index (χ0v) is 20.2. The van der Waals surface area contributed by atoms with Gasteiger partial charge in [-0.15, -0.1) is 0 Å². The molecule has 2 aliphatic heterocycles. The van der Waals surface area contributed by atoms with Crippen molar-refractivity contribution in [1.82, 2.24) is 14.5 Å². The number of nitrogens with zero attached hydrogens (tertiary/aromatic N) is 2. The summed E-state index contributed by atoms with van der Waals surface area (Å²) >= 11 is 0. The number of hydrogen-bond donors (Lipinski definition) is 1. The number of aryl methyl sites for hydroxylation is 1. The maximum atomic E-state index is 12.8. The summed E-state index contributed by atoms with van der Waals surface area (Å²) in [5.74, 6) is 1.53. The van der Waals surface area contributed by atoms with Crippen LogP contribution in [0.25, 0.3) is 0 Å². The Bertz CT molecular complexity index is 824. The van der Waals surface area contributed by atoms with Gasteiger partial charge in [-0.3, -0.25) is 4.79 Å². The summed E-state index contributed by atoms with van der Waals surface area (Å²) in [5.41, 5.74) is 1.88. The molecule has 2 atom stereocenters. The van der Waals surface area contributed by atoms with E-state index in [2.05, 4.69) is 24.1 Å². The fraction of sp³-hybridized carbons (Fsp3) is 0.708. The van der Waals surface area contributed by atoms with Crippen molar-refractivity contribution in [3.05, 3.63) is 35.4 Å². The highest BCUT2D eigenvalue weighted by molar-refractivity contribution is 7.88. The molecule has 0 spiro atoms. The van der Waals surface area contributed by atoms with Gasteiger partial charge in [0.15, 0.2) is 0 Å². The minimum atomic E-state index is -3.35. The number of hydrogen-bond acceptors (Lipinski definition) is 4. The summed E-state index contributed by atoms with van der Waals surface area (Å²) < 4.78 is 27.1. The standard InChI is InChI=1S/C24H39N3O3S/c1-19-6-4-7-22(15-19)18-31(29,30)27-12-8-23(9-13-27)24(28)25-10-5-11-26-16-20(2)14-21(3)17-26/h4,6-7,15,20-21,23H,5,8-14,16-18H2,1-3H3,(H,25,28)/t20-,21-/m0/s1. The van der Waals surface area contributed by atoms with E-state index < -0.39 is 10.0 Å². The Morgan fingerprint density at radius 3 is 2.45 bits per heavy atom. The predicted molar refractivity (Wildman–Crippen MR) is 125 cm³/mol. The Morgan fingerprint density at radius 1 is 1.13 bits per heavy atom. The van der Waals surface area contributed by atoms with E-state index >= 15 is 0 Å².